The summed E-state index contributed by atoms with van der Waals surface area (Å²) >= 11 is 0. The van der Waals surface area contributed by atoms with E-state index in [9.17, 15) is 24.6 Å². The molecule has 1 saturated heterocycles. The highest BCUT2D eigenvalue weighted by atomic mass is 16.5. The van der Waals surface area contributed by atoms with Gasteiger partial charge < -0.3 is 24.7 Å². The van der Waals surface area contributed by atoms with Gasteiger partial charge in [-0.05, 0) is 80.3 Å². The van der Waals surface area contributed by atoms with Gasteiger partial charge in [0.15, 0.2) is 12.4 Å². The normalized spacial score (nSPS) is 39.0. The summed E-state index contributed by atoms with van der Waals surface area (Å²) in [6.07, 6.45) is 7.13. The van der Waals surface area contributed by atoms with Gasteiger partial charge in [0.05, 0.1) is 12.5 Å². The molecule has 1 heterocycles. The van der Waals surface area contributed by atoms with Crippen LogP contribution in [0.4, 0.5) is 5.69 Å². The first-order valence-electron chi connectivity index (χ1n) is 15.9. The van der Waals surface area contributed by atoms with E-state index in [0.717, 1.165) is 55.8 Å². The second kappa shape index (κ2) is 11.0. The number of carbonyl (C=O) groups excluding carboxylic acids is 3. The summed E-state index contributed by atoms with van der Waals surface area (Å²) in [5, 5.41) is 23.8. The molecule has 4 fully saturated rings. The molecular weight excluding hydrogens is 544 g/mol. The van der Waals surface area contributed by atoms with Crippen molar-refractivity contribution < 1.29 is 29.3 Å². The number of esters is 1. The molecule has 0 amide bonds. The van der Waals surface area contributed by atoms with Gasteiger partial charge in [-0.1, -0.05) is 44.6 Å². The molecule has 1 aliphatic heterocycles. The Labute approximate surface area is 254 Å². The minimum absolute atomic E-state index is 0.00672. The quantitative estimate of drug-likeness (QED) is 0.486. The Morgan fingerprint density at radius 1 is 1.09 bits per heavy atom. The lowest BCUT2D eigenvalue weighted by atomic mass is 9.46. The van der Waals surface area contributed by atoms with Crippen LogP contribution >= 0.6 is 0 Å². The Morgan fingerprint density at radius 2 is 1.79 bits per heavy atom. The molecule has 43 heavy (non-hydrogen) atoms. The van der Waals surface area contributed by atoms with E-state index >= 15 is 0 Å². The maximum absolute atomic E-state index is 13.8. The smallest absolute Gasteiger partial charge is 0.310 e. The summed E-state index contributed by atoms with van der Waals surface area (Å²) in [4.78, 5) is 43.3. The van der Waals surface area contributed by atoms with Crippen LogP contribution in [0.1, 0.15) is 52.0 Å². The van der Waals surface area contributed by atoms with Gasteiger partial charge in [-0.25, -0.2) is 0 Å². The number of ketones is 2. The molecule has 0 bridgehead atoms. The molecule has 6 rings (SSSR count). The molecule has 2 N–H and O–H groups in total. The second-order valence-corrected chi connectivity index (χ2v) is 14.3. The third-order valence-electron chi connectivity index (χ3n) is 12.0. The molecule has 0 aromatic heterocycles. The van der Waals surface area contributed by atoms with Gasteiger partial charge in [-0.2, -0.15) is 0 Å². The highest BCUT2D eigenvalue weighted by Gasteiger charge is 2.70. The molecule has 232 valence electrons. The summed E-state index contributed by atoms with van der Waals surface area (Å²) in [7, 11) is 2.12. The Bertz CT molecular complexity index is 1350. The summed E-state index contributed by atoms with van der Waals surface area (Å²) in [5.41, 5.74) is 0.0514. The highest BCUT2D eigenvalue weighted by molar-refractivity contribution is 6.01. The predicted octanol–water partition coefficient (Wildman–Crippen LogP) is 3.35. The van der Waals surface area contributed by atoms with Crippen molar-refractivity contribution in [3.8, 4) is 0 Å². The maximum Gasteiger partial charge on any atom is 0.310 e. The standard InChI is InChI=1S/C35H46N2O6/c1-22-17-28-27-10-7-24-19-26(38)11-12-33(24,2)32(27)29(39)20-34(28,3)35(22,42)30(40)21-43-31(41)18-23-5-8-25(9-6-23)37-15-13-36(4)14-16-37/h5-6,8-9,11-12,19,22,27-29,32,39,42H,7,10,13-18,20-21H2,1-4H3/t22-,27?,28?,29+,32?,33?,34?,35+/m1/s1. The number of allylic oxidation sites excluding steroid dienone is 4. The SMILES string of the molecule is C[C@@H]1CC2C3CCC4=CC(=O)C=CC4(C)C3[C@@H](O)CC2(C)[C@@]1(O)C(=O)COC(=O)Cc1ccc(N2CCN(C)CC2)cc1. The first kappa shape index (κ1) is 30.2. The third-order valence-corrected chi connectivity index (χ3v) is 12.0. The molecule has 1 aromatic rings. The molecule has 5 unspecified atom stereocenters. The monoisotopic (exact) mass is 590 g/mol. The molecule has 4 aliphatic carbocycles. The number of aliphatic hydroxyl groups excluding tert-OH is 1. The van der Waals surface area contributed by atoms with Crippen LogP contribution in [-0.4, -0.2) is 84.2 Å². The molecule has 0 radical (unpaired) electrons. The molecular formula is C35H46N2O6. The van der Waals surface area contributed by atoms with E-state index in [1.165, 1.54) is 0 Å². The van der Waals surface area contributed by atoms with Crippen molar-refractivity contribution >= 4 is 23.2 Å². The van der Waals surface area contributed by atoms with Crippen LogP contribution in [0.3, 0.4) is 0 Å². The number of nitrogens with zero attached hydrogens (tertiary/aromatic N) is 2. The van der Waals surface area contributed by atoms with E-state index < -0.39 is 40.9 Å². The van der Waals surface area contributed by atoms with Crippen LogP contribution in [0.2, 0.25) is 0 Å². The van der Waals surface area contributed by atoms with Crippen molar-refractivity contribution in [1.29, 1.82) is 0 Å². The Hall–Kier alpha value is -2.81. The first-order chi connectivity index (χ1) is 20.4. The van der Waals surface area contributed by atoms with E-state index in [1.807, 2.05) is 44.2 Å². The number of hydrogen-bond donors (Lipinski definition) is 2. The number of ether oxygens (including phenoxy) is 1. The second-order valence-electron chi connectivity index (χ2n) is 14.3. The van der Waals surface area contributed by atoms with E-state index in [1.54, 1.807) is 12.2 Å². The van der Waals surface area contributed by atoms with Gasteiger partial charge >= 0.3 is 5.97 Å². The van der Waals surface area contributed by atoms with E-state index in [-0.39, 0.29) is 42.3 Å². The summed E-state index contributed by atoms with van der Waals surface area (Å²) in [6, 6.07) is 7.90. The van der Waals surface area contributed by atoms with Crippen molar-refractivity contribution in [2.75, 3.05) is 44.7 Å². The van der Waals surface area contributed by atoms with Gasteiger partial charge in [-0.15, -0.1) is 0 Å². The number of piperazine rings is 1. The number of hydrogen-bond acceptors (Lipinski definition) is 8. The minimum Gasteiger partial charge on any atom is -0.457 e. The lowest BCUT2D eigenvalue weighted by molar-refractivity contribution is -0.186. The zero-order valence-corrected chi connectivity index (χ0v) is 25.9. The van der Waals surface area contributed by atoms with Crippen LogP contribution in [0.5, 0.6) is 0 Å². The van der Waals surface area contributed by atoms with E-state index in [4.69, 9.17) is 4.74 Å². The first-order valence-corrected chi connectivity index (χ1v) is 15.9. The van der Waals surface area contributed by atoms with Crippen LogP contribution in [0.25, 0.3) is 0 Å². The van der Waals surface area contributed by atoms with Gasteiger partial charge in [0, 0.05) is 48.6 Å². The summed E-state index contributed by atoms with van der Waals surface area (Å²) < 4.78 is 5.47. The maximum atomic E-state index is 13.8. The number of anilines is 1. The number of carbonyl (C=O) groups is 3. The molecule has 0 spiro atoms. The van der Waals surface area contributed by atoms with E-state index in [0.29, 0.717) is 6.42 Å². The number of fused-ring (bicyclic) bond motifs is 5. The number of Topliss-reactive ketones (excluding diaryl/α,β-unsaturated/α-hetero) is 1. The Kier molecular flexibility index (Phi) is 7.71. The van der Waals surface area contributed by atoms with Gasteiger partial charge in [0.2, 0.25) is 5.78 Å². The minimum atomic E-state index is -1.70. The van der Waals surface area contributed by atoms with Crippen molar-refractivity contribution in [1.82, 2.24) is 4.90 Å². The summed E-state index contributed by atoms with van der Waals surface area (Å²) in [5.74, 6) is -1.28. The Balaban J connectivity index is 1.11. The van der Waals surface area contributed by atoms with Gasteiger partial charge in [0.1, 0.15) is 5.60 Å². The summed E-state index contributed by atoms with van der Waals surface area (Å²) in [6.45, 7) is 9.44. The zero-order chi connectivity index (χ0) is 30.7. The molecule has 3 saturated carbocycles. The van der Waals surface area contributed by atoms with Gasteiger partial charge in [0.25, 0.3) is 0 Å². The van der Waals surface area contributed by atoms with Crippen molar-refractivity contribution in [2.45, 2.75) is 64.6 Å². The molecule has 5 aliphatic rings. The van der Waals surface area contributed by atoms with Crippen molar-refractivity contribution in [3.05, 3.63) is 53.6 Å². The average molecular weight is 591 g/mol. The third kappa shape index (κ3) is 4.90. The molecule has 8 atom stereocenters. The number of benzene rings is 1. The number of rotatable bonds is 6. The van der Waals surface area contributed by atoms with Crippen LogP contribution in [0, 0.1) is 34.5 Å². The topological polar surface area (TPSA) is 107 Å². The fraction of sp³-hybridized carbons (Fsp3) is 0.629. The van der Waals surface area contributed by atoms with Gasteiger partial charge in [-0.3, -0.25) is 14.4 Å². The lowest BCUT2D eigenvalue weighted by Crippen LogP contribution is -2.62. The molecule has 1 aromatic carbocycles. The number of likely N-dealkylation sites (N-methyl/N-ethyl adjacent to an activating group) is 1. The van der Waals surface area contributed by atoms with Crippen LogP contribution in [-0.2, 0) is 25.5 Å². The fourth-order valence-corrected chi connectivity index (χ4v) is 9.62. The largest absolute Gasteiger partial charge is 0.457 e. The van der Waals surface area contributed by atoms with Crippen LogP contribution in [0.15, 0.2) is 48.1 Å². The highest BCUT2D eigenvalue weighted by Crippen LogP contribution is 2.68. The van der Waals surface area contributed by atoms with Crippen molar-refractivity contribution in [2.24, 2.45) is 34.5 Å². The predicted molar refractivity (Wildman–Crippen MR) is 163 cm³/mol. The molecule has 8 nitrogen and oxygen atoms in total. The average Bonchev–Trinajstić information content (AvgIpc) is 3.18. The Morgan fingerprint density at radius 3 is 2.49 bits per heavy atom. The molecule has 8 heteroatoms. The zero-order valence-electron chi connectivity index (χ0n) is 25.9. The lowest BCUT2D eigenvalue weighted by Gasteiger charge is -2.59. The fourth-order valence-electron chi connectivity index (χ4n) is 9.62. The van der Waals surface area contributed by atoms with Crippen LogP contribution < -0.4 is 4.90 Å². The van der Waals surface area contributed by atoms with E-state index in [2.05, 4.69) is 23.8 Å². The van der Waals surface area contributed by atoms with Crippen molar-refractivity contribution in [3.63, 3.8) is 0 Å². The number of aliphatic hydroxyl groups is 2.